The Morgan fingerprint density at radius 1 is 0.966 bits per heavy atom. The second kappa shape index (κ2) is 8.53. The van der Waals surface area contributed by atoms with Crippen LogP contribution in [0.15, 0.2) is 60.0 Å². The number of amides is 3. The molecule has 146 valence electrons. The van der Waals surface area contributed by atoms with Crippen molar-refractivity contribution in [2.45, 2.75) is 13.0 Å². The minimum Gasteiger partial charge on any atom is -0.349 e. The van der Waals surface area contributed by atoms with Gasteiger partial charge in [-0.15, -0.1) is 11.3 Å². The van der Waals surface area contributed by atoms with Crippen LogP contribution in [-0.4, -0.2) is 26.9 Å². The zero-order valence-corrected chi connectivity index (χ0v) is 16.1. The van der Waals surface area contributed by atoms with Gasteiger partial charge in [0, 0.05) is 11.1 Å². The van der Waals surface area contributed by atoms with Crippen LogP contribution < -0.4 is 16.0 Å². The Kier molecular flexibility index (Phi) is 5.48. The lowest BCUT2D eigenvalue weighted by Gasteiger charge is -2.04. The van der Waals surface area contributed by atoms with Crippen molar-refractivity contribution in [3.8, 4) is 0 Å². The Balaban J connectivity index is 1.27. The van der Waals surface area contributed by atoms with E-state index in [0.29, 0.717) is 28.9 Å². The second-order valence-corrected chi connectivity index (χ2v) is 7.10. The van der Waals surface area contributed by atoms with Crippen LogP contribution in [0.5, 0.6) is 0 Å². The molecule has 0 atom stereocenters. The maximum Gasteiger partial charge on any atom is 0.325 e. The summed E-state index contributed by atoms with van der Waals surface area (Å²) in [5.41, 5.74) is 3.07. The topological polar surface area (TPSA) is 112 Å². The summed E-state index contributed by atoms with van der Waals surface area (Å²) in [7, 11) is 0. The quantitative estimate of drug-likeness (QED) is 0.392. The highest BCUT2D eigenvalue weighted by Gasteiger charge is 2.11. The van der Waals surface area contributed by atoms with E-state index in [1.165, 1.54) is 11.3 Å². The SMILES string of the molecule is O=C(Cc1csc(NC(=O)Nc2ccccc2)n1)NCc1nc2ccccc2[nH]1. The number of nitrogens with zero attached hydrogens (tertiary/aromatic N) is 2. The summed E-state index contributed by atoms with van der Waals surface area (Å²) in [5, 5.41) is 10.4. The smallest absolute Gasteiger partial charge is 0.325 e. The van der Waals surface area contributed by atoms with Crippen molar-refractivity contribution in [2.75, 3.05) is 10.6 Å². The minimum absolute atomic E-state index is 0.124. The normalized spacial score (nSPS) is 10.6. The maximum absolute atomic E-state index is 12.2. The molecular weight excluding hydrogens is 388 g/mol. The van der Waals surface area contributed by atoms with Crippen LogP contribution >= 0.6 is 11.3 Å². The van der Waals surface area contributed by atoms with Gasteiger partial charge in [-0.1, -0.05) is 30.3 Å². The molecule has 2 aromatic heterocycles. The molecule has 0 saturated carbocycles. The van der Waals surface area contributed by atoms with Crippen LogP contribution in [0.1, 0.15) is 11.5 Å². The monoisotopic (exact) mass is 406 g/mol. The Morgan fingerprint density at radius 2 is 1.76 bits per heavy atom. The van der Waals surface area contributed by atoms with Gasteiger partial charge in [-0.25, -0.2) is 14.8 Å². The number of nitrogens with one attached hydrogen (secondary N) is 4. The van der Waals surface area contributed by atoms with Gasteiger partial charge < -0.3 is 15.6 Å². The average Bonchev–Trinajstić information content (AvgIpc) is 3.33. The molecule has 0 spiro atoms. The highest BCUT2D eigenvalue weighted by Crippen LogP contribution is 2.16. The molecule has 0 bridgehead atoms. The van der Waals surface area contributed by atoms with Gasteiger partial charge in [-0.3, -0.25) is 10.1 Å². The molecule has 0 radical (unpaired) electrons. The van der Waals surface area contributed by atoms with Crippen molar-refractivity contribution < 1.29 is 9.59 Å². The third-order valence-corrected chi connectivity index (χ3v) is 4.84. The number of para-hydroxylation sites is 3. The standard InChI is InChI=1S/C20H18N6O2S/c27-18(21-11-17-24-15-8-4-5-9-16(15)25-17)10-14-12-29-20(23-14)26-19(28)22-13-6-2-1-3-7-13/h1-9,12H,10-11H2,(H,21,27)(H,24,25)(H2,22,23,26,28). The molecule has 0 saturated heterocycles. The summed E-state index contributed by atoms with van der Waals surface area (Å²) in [5.74, 6) is 0.522. The summed E-state index contributed by atoms with van der Waals surface area (Å²) in [6, 6.07) is 16.4. The third kappa shape index (κ3) is 4.96. The third-order valence-electron chi connectivity index (χ3n) is 4.04. The van der Waals surface area contributed by atoms with E-state index in [4.69, 9.17) is 0 Å². The van der Waals surface area contributed by atoms with Gasteiger partial charge in [0.2, 0.25) is 5.91 Å². The number of urea groups is 1. The van der Waals surface area contributed by atoms with Crippen molar-refractivity contribution in [2.24, 2.45) is 0 Å². The molecule has 4 rings (SSSR count). The lowest BCUT2D eigenvalue weighted by Crippen LogP contribution is -2.25. The molecule has 29 heavy (non-hydrogen) atoms. The van der Waals surface area contributed by atoms with E-state index in [9.17, 15) is 9.59 Å². The van der Waals surface area contributed by atoms with Gasteiger partial charge >= 0.3 is 6.03 Å². The van der Waals surface area contributed by atoms with Crippen molar-refractivity contribution in [1.29, 1.82) is 0 Å². The highest BCUT2D eigenvalue weighted by atomic mass is 32.1. The number of anilines is 2. The minimum atomic E-state index is -0.383. The Labute approximate surface area is 170 Å². The number of carbonyl (C=O) groups is 2. The summed E-state index contributed by atoms with van der Waals surface area (Å²) in [4.78, 5) is 36.1. The van der Waals surface area contributed by atoms with Gasteiger partial charge in [0.1, 0.15) is 5.82 Å². The maximum atomic E-state index is 12.2. The number of carbonyl (C=O) groups excluding carboxylic acids is 2. The zero-order chi connectivity index (χ0) is 20.1. The molecule has 2 heterocycles. The van der Waals surface area contributed by atoms with Crippen LogP contribution in [0.3, 0.4) is 0 Å². The van der Waals surface area contributed by atoms with E-state index in [1.807, 2.05) is 42.5 Å². The van der Waals surface area contributed by atoms with Gasteiger partial charge in [0.05, 0.1) is 29.7 Å². The summed E-state index contributed by atoms with van der Waals surface area (Å²) in [6.45, 7) is 0.308. The molecule has 9 heteroatoms. The molecule has 4 N–H and O–H groups in total. The summed E-state index contributed by atoms with van der Waals surface area (Å²) < 4.78 is 0. The molecule has 0 aliphatic heterocycles. The van der Waals surface area contributed by atoms with Crippen LogP contribution in [-0.2, 0) is 17.8 Å². The van der Waals surface area contributed by atoms with Crippen LogP contribution in [0.25, 0.3) is 11.0 Å². The lowest BCUT2D eigenvalue weighted by molar-refractivity contribution is -0.120. The van der Waals surface area contributed by atoms with Gasteiger partial charge in [0.15, 0.2) is 5.13 Å². The number of rotatable bonds is 6. The molecule has 2 aromatic carbocycles. The second-order valence-electron chi connectivity index (χ2n) is 6.24. The summed E-state index contributed by atoms with van der Waals surface area (Å²) in [6.07, 6.45) is 0.124. The van der Waals surface area contributed by atoms with Crippen molar-refractivity contribution in [3.63, 3.8) is 0 Å². The lowest BCUT2D eigenvalue weighted by atomic mass is 10.3. The number of imidazole rings is 1. The fourth-order valence-corrected chi connectivity index (χ4v) is 3.43. The van der Waals surface area contributed by atoms with Crippen molar-refractivity contribution in [1.82, 2.24) is 20.3 Å². The molecule has 3 amide bonds. The Hall–Kier alpha value is -3.72. The molecule has 0 fully saturated rings. The Morgan fingerprint density at radius 3 is 2.59 bits per heavy atom. The average molecular weight is 406 g/mol. The van der Waals surface area contributed by atoms with Crippen molar-refractivity contribution >= 4 is 45.1 Å². The first-order valence-corrected chi connectivity index (χ1v) is 9.81. The number of thiazole rings is 1. The fraction of sp³-hybridized carbons (Fsp3) is 0.100. The first kappa shape index (κ1) is 18.6. The number of hydrogen-bond donors (Lipinski definition) is 4. The molecular formula is C20H18N6O2S. The zero-order valence-electron chi connectivity index (χ0n) is 15.3. The Bertz CT molecular complexity index is 1110. The van der Waals surface area contributed by atoms with E-state index in [0.717, 1.165) is 11.0 Å². The molecule has 8 nitrogen and oxygen atoms in total. The van der Waals surface area contributed by atoms with E-state index in [-0.39, 0.29) is 18.4 Å². The van der Waals surface area contributed by atoms with E-state index in [1.54, 1.807) is 17.5 Å². The van der Waals surface area contributed by atoms with E-state index >= 15 is 0 Å². The van der Waals surface area contributed by atoms with Gasteiger partial charge in [-0.05, 0) is 24.3 Å². The predicted octanol–water partition coefficient (Wildman–Crippen LogP) is 3.52. The number of hydrogen-bond acceptors (Lipinski definition) is 5. The highest BCUT2D eigenvalue weighted by molar-refractivity contribution is 7.14. The molecule has 0 aliphatic carbocycles. The van der Waals surface area contributed by atoms with E-state index in [2.05, 4.69) is 30.9 Å². The molecule has 0 unspecified atom stereocenters. The van der Waals surface area contributed by atoms with Gasteiger partial charge in [0.25, 0.3) is 0 Å². The van der Waals surface area contributed by atoms with Crippen LogP contribution in [0.4, 0.5) is 15.6 Å². The van der Waals surface area contributed by atoms with Crippen LogP contribution in [0.2, 0.25) is 0 Å². The first-order chi connectivity index (χ1) is 14.2. The van der Waals surface area contributed by atoms with E-state index < -0.39 is 0 Å². The predicted molar refractivity (Wildman–Crippen MR) is 113 cm³/mol. The molecule has 4 aromatic rings. The number of H-pyrrole nitrogens is 1. The number of benzene rings is 2. The molecule has 0 aliphatic rings. The largest absolute Gasteiger partial charge is 0.349 e. The number of aromatic nitrogens is 3. The number of fused-ring (bicyclic) bond motifs is 1. The summed E-state index contributed by atoms with van der Waals surface area (Å²) >= 11 is 1.27. The van der Waals surface area contributed by atoms with Crippen molar-refractivity contribution in [3.05, 3.63) is 71.5 Å². The first-order valence-electron chi connectivity index (χ1n) is 8.93. The van der Waals surface area contributed by atoms with Gasteiger partial charge in [-0.2, -0.15) is 0 Å². The fourth-order valence-electron chi connectivity index (χ4n) is 2.73. The number of aromatic amines is 1. The van der Waals surface area contributed by atoms with Crippen LogP contribution in [0, 0.1) is 0 Å².